The molecule has 2 aliphatic rings. The zero-order valence-corrected chi connectivity index (χ0v) is 11.8. The topological polar surface area (TPSA) is 75.7 Å². The van der Waals surface area contributed by atoms with E-state index in [4.69, 9.17) is 4.74 Å². The summed E-state index contributed by atoms with van der Waals surface area (Å²) in [6, 6.07) is -0.343. The summed E-state index contributed by atoms with van der Waals surface area (Å²) in [6.07, 6.45) is -0.363. The first kappa shape index (κ1) is 13.6. The maximum Gasteiger partial charge on any atom is 0.410 e. The van der Waals surface area contributed by atoms with Crippen molar-refractivity contribution in [2.75, 3.05) is 24.6 Å². The number of piperazine rings is 1. The van der Waals surface area contributed by atoms with Gasteiger partial charge in [0.05, 0.1) is 11.5 Å². The Kier molecular flexibility index (Phi) is 3.31. The predicted molar refractivity (Wildman–Crippen MR) is 67.2 cm³/mol. The monoisotopic (exact) mass is 276 g/mol. The molecule has 2 aliphatic heterocycles. The molecule has 2 heterocycles. The van der Waals surface area contributed by atoms with Crippen molar-refractivity contribution in [2.45, 2.75) is 38.5 Å². The highest BCUT2D eigenvalue weighted by Crippen LogP contribution is 2.17. The van der Waals surface area contributed by atoms with Gasteiger partial charge in [-0.3, -0.25) is 0 Å². The second kappa shape index (κ2) is 4.38. The van der Waals surface area contributed by atoms with E-state index in [9.17, 15) is 13.2 Å². The largest absolute Gasteiger partial charge is 0.444 e. The molecule has 0 aromatic heterocycles. The van der Waals surface area contributed by atoms with E-state index >= 15 is 0 Å². The summed E-state index contributed by atoms with van der Waals surface area (Å²) in [7, 11) is -2.97. The summed E-state index contributed by atoms with van der Waals surface area (Å²) in [5.74, 6) is 0.200. The molecule has 2 bridgehead atoms. The first-order valence-corrected chi connectivity index (χ1v) is 7.91. The maximum atomic E-state index is 11.9. The smallest absolute Gasteiger partial charge is 0.410 e. The lowest BCUT2D eigenvalue weighted by molar-refractivity contribution is 0.0164. The normalized spacial score (nSPS) is 30.9. The lowest BCUT2D eigenvalue weighted by Gasteiger charge is -2.42. The van der Waals surface area contributed by atoms with Crippen molar-refractivity contribution < 1.29 is 17.9 Å². The van der Waals surface area contributed by atoms with Crippen LogP contribution in [-0.2, 0) is 14.6 Å². The predicted octanol–water partition coefficient (Wildman–Crippen LogP) is -0.00770. The quantitative estimate of drug-likeness (QED) is 0.673. The van der Waals surface area contributed by atoms with Crippen LogP contribution < -0.4 is 5.32 Å². The van der Waals surface area contributed by atoms with Crippen LogP contribution in [-0.4, -0.2) is 61.7 Å². The Morgan fingerprint density at radius 2 is 1.72 bits per heavy atom. The van der Waals surface area contributed by atoms with E-state index in [2.05, 4.69) is 5.32 Å². The van der Waals surface area contributed by atoms with Gasteiger partial charge in [0, 0.05) is 25.2 Å². The van der Waals surface area contributed by atoms with Gasteiger partial charge in [-0.15, -0.1) is 0 Å². The summed E-state index contributed by atoms with van der Waals surface area (Å²) in [4.78, 5) is 13.5. The minimum absolute atomic E-state index is 0.1000. The number of carbonyl (C=O) groups is 1. The van der Waals surface area contributed by atoms with Crippen LogP contribution in [0.2, 0.25) is 0 Å². The van der Waals surface area contributed by atoms with E-state index in [1.165, 1.54) is 0 Å². The number of sulfone groups is 1. The Hall–Kier alpha value is -0.820. The number of fused-ring (bicyclic) bond motifs is 2. The average Bonchev–Trinajstić information content (AvgIpc) is 2.10. The van der Waals surface area contributed by atoms with Gasteiger partial charge in [0.1, 0.15) is 5.60 Å². The number of hydrogen-bond donors (Lipinski definition) is 1. The van der Waals surface area contributed by atoms with Gasteiger partial charge in [-0.05, 0) is 20.8 Å². The van der Waals surface area contributed by atoms with Gasteiger partial charge in [-0.2, -0.15) is 0 Å². The molecule has 18 heavy (non-hydrogen) atoms. The first-order chi connectivity index (χ1) is 8.15. The van der Waals surface area contributed by atoms with E-state index in [1.807, 2.05) is 20.8 Å². The molecule has 1 N–H and O–H groups in total. The van der Waals surface area contributed by atoms with Crippen LogP contribution in [0.1, 0.15) is 20.8 Å². The number of ether oxygens (including phenoxy) is 1. The van der Waals surface area contributed by atoms with E-state index in [0.717, 1.165) is 0 Å². The van der Waals surface area contributed by atoms with Crippen molar-refractivity contribution in [2.24, 2.45) is 0 Å². The Bertz CT molecular complexity index is 420. The van der Waals surface area contributed by atoms with Gasteiger partial charge in [0.25, 0.3) is 0 Å². The van der Waals surface area contributed by atoms with Gasteiger partial charge >= 0.3 is 6.09 Å². The van der Waals surface area contributed by atoms with Crippen molar-refractivity contribution in [3.63, 3.8) is 0 Å². The van der Waals surface area contributed by atoms with Crippen LogP contribution in [0.5, 0.6) is 0 Å². The van der Waals surface area contributed by atoms with E-state index in [-0.39, 0.29) is 29.7 Å². The minimum Gasteiger partial charge on any atom is -0.444 e. The van der Waals surface area contributed by atoms with E-state index < -0.39 is 15.4 Å². The van der Waals surface area contributed by atoms with Crippen molar-refractivity contribution in [3.8, 4) is 0 Å². The van der Waals surface area contributed by atoms with Crippen LogP contribution in [0.15, 0.2) is 0 Å². The van der Waals surface area contributed by atoms with Crippen LogP contribution in [0, 0.1) is 0 Å². The molecular weight excluding hydrogens is 256 g/mol. The Labute approximate surface area is 108 Å². The molecule has 0 unspecified atom stereocenters. The summed E-state index contributed by atoms with van der Waals surface area (Å²) < 4.78 is 28.5. The first-order valence-electron chi connectivity index (χ1n) is 6.09. The molecule has 2 saturated heterocycles. The molecular formula is C11H20N2O4S. The molecule has 0 spiro atoms. The van der Waals surface area contributed by atoms with Crippen LogP contribution in [0.4, 0.5) is 4.79 Å². The SMILES string of the molecule is CC(C)(C)OC(=O)N1C[C@@H]2CS(=O)(=O)C[C@H](C1)N2. The second-order valence-corrected chi connectivity index (χ2v) is 8.18. The highest BCUT2D eigenvalue weighted by Gasteiger charge is 2.39. The molecule has 0 aliphatic carbocycles. The number of nitrogens with one attached hydrogen (secondary N) is 1. The minimum atomic E-state index is -2.97. The Balaban J connectivity index is 2.01. The molecule has 0 aromatic carbocycles. The fourth-order valence-electron chi connectivity index (χ4n) is 2.40. The average molecular weight is 276 g/mol. The van der Waals surface area contributed by atoms with Crippen LogP contribution >= 0.6 is 0 Å². The molecule has 2 fully saturated rings. The second-order valence-electron chi connectivity index (χ2n) is 6.02. The third-order valence-electron chi connectivity index (χ3n) is 2.91. The fourth-order valence-corrected chi connectivity index (χ4v) is 4.17. The molecule has 0 saturated carbocycles. The summed E-state index contributed by atoms with van der Waals surface area (Å²) in [5.41, 5.74) is -0.525. The summed E-state index contributed by atoms with van der Waals surface area (Å²) in [5, 5.41) is 3.23. The number of nitrogens with zero attached hydrogens (tertiary/aromatic N) is 1. The number of amides is 1. The standard InChI is InChI=1S/C11H20N2O4S/c1-11(2,3)17-10(14)13-4-8-6-18(15,16)7-9(5-13)12-8/h8-9,12H,4-7H2,1-3H3/t8-,9+. The zero-order valence-electron chi connectivity index (χ0n) is 11.0. The molecule has 1 amide bonds. The van der Waals surface area contributed by atoms with E-state index in [0.29, 0.717) is 13.1 Å². The van der Waals surface area contributed by atoms with Crippen molar-refractivity contribution in [1.29, 1.82) is 0 Å². The highest BCUT2D eigenvalue weighted by atomic mass is 32.2. The highest BCUT2D eigenvalue weighted by molar-refractivity contribution is 7.91. The van der Waals surface area contributed by atoms with Crippen molar-refractivity contribution in [1.82, 2.24) is 10.2 Å². The van der Waals surface area contributed by atoms with Crippen molar-refractivity contribution >= 4 is 15.9 Å². The van der Waals surface area contributed by atoms with Gasteiger partial charge < -0.3 is 15.0 Å². The lowest BCUT2D eigenvalue weighted by atomic mass is 10.1. The Morgan fingerprint density at radius 1 is 1.22 bits per heavy atom. The van der Waals surface area contributed by atoms with Crippen LogP contribution in [0.3, 0.4) is 0 Å². The fraction of sp³-hybridized carbons (Fsp3) is 0.909. The number of carbonyl (C=O) groups excluding carboxylic acids is 1. The molecule has 2 atom stereocenters. The van der Waals surface area contributed by atoms with Gasteiger partial charge in [-0.25, -0.2) is 13.2 Å². The van der Waals surface area contributed by atoms with Crippen LogP contribution in [0.25, 0.3) is 0 Å². The molecule has 7 heteroatoms. The van der Waals surface area contributed by atoms with E-state index in [1.54, 1.807) is 4.90 Å². The third-order valence-corrected chi connectivity index (χ3v) is 4.74. The number of hydrogen-bond acceptors (Lipinski definition) is 5. The molecule has 6 nitrogen and oxygen atoms in total. The number of rotatable bonds is 0. The van der Waals surface area contributed by atoms with Crippen molar-refractivity contribution in [3.05, 3.63) is 0 Å². The summed E-state index contributed by atoms with van der Waals surface area (Å²) >= 11 is 0. The maximum absolute atomic E-state index is 11.9. The summed E-state index contributed by atoms with van der Waals surface area (Å²) in [6.45, 7) is 6.24. The van der Waals surface area contributed by atoms with Gasteiger partial charge in [0.2, 0.25) is 0 Å². The third kappa shape index (κ3) is 3.35. The zero-order chi connectivity index (χ0) is 13.6. The lowest BCUT2D eigenvalue weighted by Crippen LogP contribution is -2.65. The Morgan fingerprint density at radius 3 is 2.17 bits per heavy atom. The van der Waals surface area contributed by atoms with Gasteiger partial charge in [0.15, 0.2) is 9.84 Å². The molecule has 104 valence electrons. The molecule has 0 aromatic rings. The molecule has 0 radical (unpaired) electrons. The van der Waals surface area contributed by atoms with Gasteiger partial charge in [-0.1, -0.05) is 0 Å². The molecule has 2 rings (SSSR count).